The number of hydrogen-bond acceptors (Lipinski definition) is 4. The molecule has 0 spiro atoms. The van der Waals surface area contributed by atoms with E-state index in [-0.39, 0.29) is 11.7 Å². The molecule has 0 unspecified atom stereocenters. The molecule has 0 saturated carbocycles. The highest BCUT2D eigenvalue weighted by molar-refractivity contribution is 9.11. The van der Waals surface area contributed by atoms with Crippen LogP contribution in [-0.2, 0) is 4.79 Å². The van der Waals surface area contributed by atoms with Crippen LogP contribution in [0.3, 0.4) is 0 Å². The second-order valence-corrected chi connectivity index (χ2v) is 8.11. The van der Waals surface area contributed by atoms with Crippen LogP contribution in [0.15, 0.2) is 86.9 Å². The van der Waals surface area contributed by atoms with E-state index in [0.717, 1.165) is 10.0 Å². The monoisotopic (exact) mass is 541 g/mol. The number of halogens is 2. The minimum absolute atomic E-state index is 0.0163. The van der Waals surface area contributed by atoms with Crippen LogP contribution in [0, 0.1) is 0 Å². The van der Waals surface area contributed by atoms with Crippen molar-refractivity contribution in [2.45, 2.75) is 0 Å². The molecular weight excluding hydrogens is 526 g/mol. The summed E-state index contributed by atoms with van der Waals surface area (Å²) in [6.45, 7) is 0. The molecule has 0 aliphatic heterocycles. The lowest BCUT2D eigenvalue weighted by atomic mass is 10.2. The van der Waals surface area contributed by atoms with Gasteiger partial charge in [-0.05, 0) is 64.0 Å². The zero-order valence-corrected chi connectivity index (χ0v) is 19.2. The average Bonchev–Trinajstić information content (AvgIpc) is 2.76. The second kappa shape index (κ2) is 10.7. The number of carbonyl (C=O) groups excluding carboxylic acids is 2. The lowest BCUT2D eigenvalue weighted by Gasteiger charge is -2.05. The Kier molecular flexibility index (Phi) is 7.75. The molecule has 3 rings (SSSR count). The normalized spacial score (nSPS) is 11.0. The Morgan fingerprint density at radius 1 is 0.968 bits per heavy atom. The molecule has 0 aliphatic rings. The first kappa shape index (κ1) is 22.5. The molecule has 0 aromatic heterocycles. The fraction of sp³-hybridized carbons (Fsp3) is 0. The number of aromatic hydroxyl groups is 1. The molecule has 156 valence electrons. The van der Waals surface area contributed by atoms with Gasteiger partial charge in [0.2, 0.25) is 5.91 Å². The molecule has 0 bridgehead atoms. The summed E-state index contributed by atoms with van der Waals surface area (Å²) in [4.78, 5) is 24.3. The summed E-state index contributed by atoms with van der Waals surface area (Å²) in [5.41, 5.74) is 4.69. The highest BCUT2D eigenvalue weighted by atomic mass is 79.9. The summed E-state index contributed by atoms with van der Waals surface area (Å²) in [5.74, 6) is -0.681. The summed E-state index contributed by atoms with van der Waals surface area (Å²) >= 11 is 6.56. The molecule has 31 heavy (non-hydrogen) atoms. The van der Waals surface area contributed by atoms with E-state index in [1.54, 1.807) is 42.5 Å². The topological polar surface area (TPSA) is 90.8 Å². The van der Waals surface area contributed by atoms with Gasteiger partial charge in [-0.2, -0.15) is 5.10 Å². The Bertz CT molecular complexity index is 1140. The lowest BCUT2D eigenvalue weighted by Crippen LogP contribution is -2.17. The number of nitrogens with one attached hydrogen (secondary N) is 2. The highest BCUT2D eigenvalue weighted by Crippen LogP contribution is 2.30. The first-order valence-electron chi connectivity index (χ1n) is 9.08. The molecular formula is C23H17Br2N3O3. The predicted octanol–water partition coefficient (Wildman–Crippen LogP) is 5.33. The summed E-state index contributed by atoms with van der Waals surface area (Å²) in [6, 6.07) is 19.3. The Morgan fingerprint density at radius 3 is 2.39 bits per heavy atom. The molecule has 6 nitrogen and oxygen atoms in total. The number of hydrazone groups is 1. The third-order valence-electron chi connectivity index (χ3n) is 4.07. The van der Waals surface area contributed by atoms with E-state index >= 15 is 0 Å². The van der Waals surface area contributed by atoms with Gasteiger partial charge in [-0.3, -0.25) is 9.59 Å². The molecule has 0 fully saturated rings. The van der Waals surface area contributed by atoms with E-state index < -0.39 is 5.91 Å². The Hall–Kier alpha value is -3.23. The number of nitrogens with zero attached hydrogens (tertiary/aromatic N) is 1. The van der Waals surface area contributed by atoms with E-state index in [1.165, 1.54) is 12.3 Å². The summed E-state index contributed by atoms with van der Waals surface area (Å²) in [7, 11) is 0. The van der Waals surface area contributed by atoms with Crippen LogP contribution in [0.25, 0.3) is 6.08 Å². The van der Waals surface area contributed by atoms with Gasteiger partial charge >= 0.3 is 0 Å². The van der Waals surface area contributed by atoms with Crippen molar-refractivity contribution < 1.29 is 14.7 Å². The molecule has 2 amide bonds. The van der Waals surface area contributed by atoms with E-state index in [2.05, 4.69) is 47.7 Å². The van der Waals surface area contributed by atoms with Crippen molar-refractivity contribution >= 4 is 61.7 Å². The van der Waals surface area contributed by atoms with Crippen LogP contribution in [0.4, 0.5) is 5.69 Å². The summed E-state index contributed by atoms with van der Waals surface area (Å²) < 4.78 is 1.26. The van der Waals surface area contributed by atoms with Crippen molar-refractivity contribution in [2.24, 2.45) is 5.10 Å². The van der Waals surface area contributed by atoms with Crippen molar-refractivity contribution in [2.75, 3.05) is 5.32 Å². The van der Waals surface area contributed by atoms with E-state index in [0.29, 0.717) is 21.3 Å². The molecule has 3 N–H and O–H groups in total. The zero-order chi connectivity index (χ0) is 22.2. The zero-order valence-electron chi connectivity index (χ0n) is 16.0. The van der Waals surface area contributed by atoms with Crippen LogP contribution >= 0.6 is 31.9 Å². The van der Waals surface area contributed by atoms with Crippen molar-refractivity contribution in [3.8, 4) is 5.75 Å². The van der Waals surface area contributed by atoms with Crippen LogP contribution in [0.5, 0.6) is 5.75 Å². The van der Waals surface area contributed by atoms with Crippen molar-refractivity contribution in [3.63, 3.8) is 0 Å². The number of anilines is 1. The predicted molar refractivity (Wildman–Crippen MR) is 129 cm³/mol. The first-order chi connectivity index (χ1) is 14.9. The van der Waals surface area contributed by atoms with E-state index in [9.17, 15) is 14.7 Å². The number of phenolic OH excluding ortho intramolecular Hbond substituents is 1. The maximum atomic E-state index is 12.2. The first-order valence-corrected chi connectivity index (χ1v) is 10.7. The minimum Gasteiger partial charge on any atom is -0.506 e. The second-order valence-electron chi connectivity index (χ2n) is 6.34. The number of rotatable bonds is 6. The fourth-order valence-corrected chi connectivity index (χ4v) is 3.79. The number of carbonyl (C=O) groups is 2. The van der Waals surface area contributed by atoms with Crippen LogP contribution < -0.4 is 10.7 Å². The van der Waals surface area contributed by atoms with Gasteiger partial charge in [0.05, 0.1) is 10.7 Å². The van der Waals surface area contributed by atoms with Gasteiger partial charge < -0.3 is 10.4 Å². The fourth-order valence-electron chi connectivity index (χ4n) is 2.53. The van der Waals surface area contributed by atoms with E-state index in [4.69, 9.17) is 0 Å². The van der Waals surface area contributed by atoms with Crippen LogP contribution in [0.2, 0.25) is 0 Å². The van der Waals surface area contributed by atoms with Gasteiger partial charge in [0, 0.05) is 27.4 Å². The number of benzene rings is 3. The molecule has 3 aromatic rings. The molecule has 0 radical (unpaired) electrons. The summed E-state index contributed by atoms with van der Waals surface area (Å²) in [5, 5.41) is 16.6. The van der Waals surface area contributed by atoms with Crippen molar-refractivity contribution in [1.29, 1.82) is 0 Å². The molecule has 0 saturated heterocycles. The summed E-state index contributed by atoms with van der Waals surface area (Å²) in [6.07, 6.45) is 4.51. The van der Waals surface area contributed by atoms with Crippen molar-refractivity contribution in [3.05, 3.63) is 98.4 Å². The highest BCUT2D eigenvalue weighted by Gasteiger charge is 2.07. The Balaban J connectivity index is 1.56. The smallest absolute Gasteiger partial charge is 0.271 e. The maximum absolute atomic E-state index is 12.2. The largest absolute Gasteiger partial charge is 0.506 e. The quantitative estimate of drug-likeness (QED) is 0.223. The maximum Gasteiger partial charge on any atom is 0.271 e. The average molecular weight is 543 g/mol. The number of hydrogen-bond donors (Lipinski definition) is 3. The van der Waals surface area contributed by atoms with Gasteiger partial charge in [-0.25, -0.2) is 5.43 Å². The standard InChI is InChI=1S/C23H17Br2N3O3/c24-18-12-17(22(30)20(25)13-18)14-26-28-23(31)16-7-9-19(10-8-16)27-21(29)11-6-15-4-2-1-3-5-15/h1-14,30H,(H,27,29)(H,28,31)/b11-6+,26-14-. The van der Waals surface area contributed by atoms with Gasteiger partial charge in [0.25, 0.3) is 5.91 Å². The van der Waals surface area contributed by atoms with Gasteiger partial charge in [0.15, 0.2) is 0 Å². The van der Waals surface area contributed by atoms with Crippen molar-refractivity contribution in [1.82, 2.24) is 5.43 Å². The molecule has 0 atom stereocenters. The molecule has 0 heterocycles. The third-order valence-corrected chi connectivity index (χ3v) is 5.13. The molecule has 3 aromatic carbocycles. The van der Waals surface area contributed by atoms with Gasteiger partial charge in [-0.15, -0.1) is 0 Å². The Morgan fingerprint density at radius 2 is 1.68 bits per heavy atom. The number of amides is 2. The third kappa shape index (κ3) is 6.63. The lowest BCUT2D eigenvalue weighted by molar-refractivity contribution is -0.111. The molecule has 8 heteroatoms. The molecule has 0 aliphatic carbocycles. The van der Waals surface area contributed by atoms with E-state index in [1.807, 2.05) is 30.3 Å². The van der Waals surface area contributed by atoms with Gasteiger partial charge in [-0.1, -0.05) is 46.3 Å². The van der Waals surface area contributed by atoms with Crippen LogP contribution in [-0.4, -0.2) is 23.1 Å². The minimum atomic E-state index is -0.424. The van der Waals surface area contributed by atoms with Crippen LogP contribution in [0.1, 0.15) is 21.5 Å². The Labute approximate surface area is 195 Å². The van der Waals surface area contributed by atoms with Gasteiger partial charge in [0.1, 0.15) is 5.75 Å². The number of phenols is 1. The SMILES string of the molecule is O=C(/C=C/c1ccccc1)Nc1ccc(C(=O)N/N=C\c2cc(Br)cc(Br)c2O)cc1.